The maximum Gasteiger partial charge on any atom is 0.127 e. The quantitative estimate of drug-likeness (QED) is 0.789. The highest BCUT2D eigenvalue weighted by molar-refractivity contribution is 7.81. The van der Waals surface area contributed by atoms with Gasteiger partial charge >= 0.3 is 0 Å². The molecule has 0 unspecified atom stereocenters. The van der Waals surface area contributed by atoms with Crippen LogP contribution >= 0.6 is 25.0 Å². The molecule has 2 rings (SSSR count). The molecule has 0 fully saturated rings. The molecular weight excluding hydrogens is 290 g/mol. The molecule has 2 aromatic rings. The molecule has 0 aliphatic carbocycles. The molecule has 0 saturated carbocycles. The van der Waals surface area contributed by atoms with E-state index < -0.39 is 0 Å². The van der Waals surface area contributed by atoms with Crippen molar-refractivity contribution in [2.75, 3.05) is 13.2 Å². The molecule has 1 atom stereocenters. The van der Waals surface area contributed by atoms with Crippen LogP contribution in [0.4, 0.5) is 0 Å². The zero-order valence-electron chi connectivity index (χ0n) is 11.9. The maximum absolute atomic E-state index is 5.90. The van der Waals surface area contributed by atoms with Crippen LogP contribution in [0.1, 0.15) is 13.8 Å². The van der Waals surface area contributed by atoms with Crippen LogP contribution < -0.4 is 10.1 Å². The molecule has 0 saturated heterocycles. The first-order valence-corrected chi connectivity index (χ1v) is 7.20. The third-order valence-corrected chi connectivity index (χ3v) is 3.27. The molecular formula is C16H22ClNOS. The number of ether oxygens (including phenoxy) is 1. The van der Waals surface area contributed by atoms with E-state index in [9.17, 15) is 0 Å². The van der Waals surface area contributed by atoms with Gasteiger partial charge < -0.3 is 10.1 Å². The van der Waals surface area contributed by atoms with Gasteiger partial charge in [0.2, 0.25) is 0 Å². The fourth-order valence-electron chi connectivity index (χ4n) is 1.94. The summed E-state index contributed by atoms with van der Waals surface area (Å²) in [6.07, 6.45) is 0. The van der Waals surface area contributed by atoms with E-state index in [0.29, 0.717) is 12.6 Å². The van der Waals surface area contributed by atoms with E-state index in [1.807, 2.05) is 24.3 Å². The highest BCUT2D eigenvalue weighted by Crippen LogP contribution is 2.25. The van der Waals surface area contributed by atoms with Crippen LogP contribution in [0.5, 0.6) is 5.75 Å². The largest absolute Gasteiger partial charge is 0.492 e. The highest BCUT2D eigenvalue weighted by atomic mass is 35.5. The van der Waals surface area contributed by atoms with E-state index in [1.165, 1.54) is 5.39 Å². The van der Waals surface area contributed by atoms with Gasteiger partial charge in [-0.15, -0.1) is 12.4 Å². The van der Waals surface area contributed by atoms with Crippen LogP contribution in [0.15, 0.2) is 42.5 Å². The minimum Gasteiger partial charge on any atom is -0.492 e. The van der Waals surface area contributed by atoms with E-state index in [2.05, 4.69) is 50.0 Å². The number of hydrogen-bond acceptors (Lipinski definition) is 3. The van der Waals surface area contributed by atoms with Crippen LogP contribution in [-0.4, -0.2) is 24.4 Å². The standard InChI is InChI=1S/C16H21NOS.ClH/c1-12(2)17-10-14(19)11-18-16-9-5-7-13-6-3-4-8-15(13)16;/h3-9,12,14,17,19H,10-11H2,1-2H3;1H/t14-;/m1./s1. The molecule has 0 bridgehead atoms. The summed E-state index contributed by atoms with van der Waals surface area (Å²) in [7, 11) is 0. The molecule has 2 nitrogen and oxygen atoms in total. The van der Waals surface area contributed by atoms with Gasteiger partial charge in [-0.1, -0.05) is 50.2 Å². The average Bonchev–Trinajstić information content (AvgIpc) is 2.42. The van der Waals surface area contributed by atoms with E-state index in [0.717, 1.165) is 17.7 Å². The summed E-state index contributed by atoms with van der Waals surface area (Å²) in [6, 6.07) is 14.9. The van der Waals surface area contributed by atoms with Crippen molar-refractivity contribution in [2.24, 2.45) is 0 Å². The lowest BCUT2D eigenvalue weighted by Crippen LogP contribution is -2.32. The SMILES string of the molecule is CC(C)NC[C@@H](S)COc1cccc2ccccc12.Cl. The van der Waals surface area contributed by atoms with Gasteiger partial charge in [0.25, 0.3) is 0 Å². The lowest BCUT2D eigenvalue weighted by molar-refractivity contribution is 0.316. The Bertz CT molecular complexity index is 527. The number of thiol groups is 1. The minimum absolute atomic E-state index is 0. The third kappa shape index (κ3) is 4.89. The van der Waals surface area contributed by atoms with Crippen LogP contribution in [0.25, 0.3) is 10.8 Å². The molecule has 0 heterocycles. The van der Waals surface area contributed by atoms with Crippen molar-refractivity contribution < 1.29 is 4.74 Å². The highest BCUT2D eigenvalue weighted by Gasteiger charge is 2.07. The minimum atomic E-state index is 0. The first-order valence-electron chi connectivity index (χ1n) is 6.69. The lowest BCUT2D eigenvalue weighted by Gasteiger charge is -2.16. The fraction of sp³-hybridized carbons (Fsp3) is 0.375. The molecule has 0 amide bonds. The van der Waals surface area contributed by atoms with E-state index in [-0.39, 0.29) is 17.7 Å². The molecule has 0 aliphatic rings. The van der Waals surface area contributed by atoms with Crippen molar-refractivity contribution in [3.63, 3.8) is 0 Å². The second-order valence-electron chi connectivity index (χ2n) is 5.01. The van der Waals surface area contributed by atoms with Crippen LogP contribution in [0.2, 0.25) is 0 Å². The van der Waals surface area contributed by atoms with Gasteiger partial charge in [-0.3, -0.25) is 0 Å². The number of nitrogens with one attached hydrogen (secondary N) is 1. The molecule has 110 valence electrons. The average molecular weight is 312 g/mol. The second kappa shape index (κ2) is 8.40. The number of hydrogen-bond donors (Lipinski definition) is 2. The predicted octanol–water partition coefficient (Wildman–Crippen LogP) is 3.94. The zero-order valence-corrected chi connectivity index (χ0v) is 13.6. The van der Waals surface area contributed by atoms with Crippen molar-refractivity contribution in [1.29, 1.82) is 0 Å². The molecule has 0 aromatic heterocycles. The topological polar surface area (TPSA) is 21.3 Å². The van der Waals surface area contributed by atoms with Crippen molar-refractivity contribution in [1.82, 2.24) is 5.32 Å². The first kappa shape index (κ1) is 17.2. The Balaban J connectivity index is 0.00000200. The first-order chi connectivity index (χ1) is 9.16. The number of halogens is 1. The Hall–Kier alpha value is -0.900. The van der Waals surface area contributed by atoms with Gasteiger partial charge in [-0.05, 0) is 11.5 Å². The van der Waals surface area contributed by atoms with Crippen LogP contribution in [0, 0.1) is 0 Å². The summed E-state index contributed by atoms with van der Waals surface area (Å²) in [5.41, 5.74) is 0. The Labute approximate surface area is 132 Å². The summed E-state index contributed by atoms with van der Waals surface area (Å²) in [5, 5.41) is 5.92. The predicted molar refractivity (Wildman–Crippen MR) is 92.6 cm³/mol. The lowest BCUT2D eigenvalue weighted by atomic mass is 10.1. The Kier molecular flexibility index (Phi) is 7.20. The molecule has 0 radical (unpaired) electrons. The fourth-order valence-corrected chi connectivity index (χ4v) is 2.12. The van der Waals surface area contributed by atoms with E-state index in [4.69, 9.17) is 4.74 Å². The van der Waals surface area contributed by atoms with Crippen molar-refractivity contribution in [2.45, 2.75) is 25.1 Å². The Morgan fingerprint density at radius 2 is 1.80 bits per heavy atom. The van der Waals surface area contributed by atoms with Gasteiger partial charge in [0.05, 0.1) is 0 Å². The summed E-state index contributed by atoms with van der Waals surface area (Å²) in [6.45, 7) is 5.72. The molecule has 4 heteroatoms. The molecule has 20 heavy (non-hydrogen) atoms. The number of benzene rings is 2. The van der Waals surface area contributed by atoms with Gasteiger partial charge in [-0.2, -0.15) is 12.6 Å². The smallest absolute Gasteiger partial charge is 0.127 e. The van der Waals surface area contributed by atoms with Gasteiger partial charge in [0.15, 0.2) is 0 Å². The summed E-state index contributed by atoms with van der Waals surface area (Å²) >= 11 is 4.54. The van der Waals surface area contributed by atoms with Gasteiger partial charge in [-0.25, -0.2) is 0 Å². The summed E-state index contributed by atoms with van der Waals surface area (Å²) < 4.78 is 5.90. The monoisotopic (exact) mass is 311 g/mol. The van der Waals surface area contributed by atoms with Crippen molar-refractivity contribution in [3.8, 4) is 5.75 Å². The Morgan fingerprint density at radius 3 is 2.55 bits per heavy atom. The summed E-state index contributed by atoms with van der Waals surface area (Å²) in [5.74, 6) is 0.932. The normalized spacial score (nSPS) is 12.2. The molecule has 0 aliphatic heterocycles. The van der Waals surface area contributed by atoms with Crippen LogP contribution in [0.3, 0.4) is 0 Å². The second-order valence-corrected chi connectivity index (χ2v) is 5.74. The van der Waals surface area contributed by atoms with Crippen LogP contribution in [-0.2, 0) is 0 Å². The summed E-state index contributed by atoms with van der Waals surface area (Å²) in [4.78, 5) is 0. The van der Waals surface area contributed by atoms with Gasteiger partial charge in [0, 0.05) is 23.2 Å². The Morgan fingerprint density at radius 1 is 1.10 bits per heavy atom. The number of fused-ring (bicyclic) bond motifs is 1. The van der Waals surface area contributed by atoms with E-state index in [1.54, 1.807) is 0 Å². The molecule has 1 N–H and O–H groups in total. The van der Waals surface area contributed by atoms with E-state index >= 15 is 0 Å². The molecule has 0 spiro atoms. The number of rotatable bonds is 6. The molecule has 2 aromatic carbocycles. The third-order valence-electron chi connectivity index (χ3n) is 2.94. The van der Waals surface area contributed by atoms with Crippen molar-refractivity contribution in [3.05, 3.63) is 42.5 Å². The maximum atomic E-state index is 5.90. The van der Waals surface area contributed by atoms with Crippen molar-refractivity contribution >= 4 is 35.8 Å². The van der Waals surface area contributed by atoms with Gasteiger partial charge in [0.1, 0.15) is 12.4 Å². The zero-order chi connectivity index (χ0) is 13.7.